The van der Waals surface area contributed by atoms with Gasteiger partial charge in [0.25, 0.3) is 5.91 Å². The van der Waals surface area contributed by atoms with Crippen LogP contribution in [-0.2, 0) is 0 Å². The van der Waals surface area contributed by atoms with Crippen LogP contribution in [0.2, 0.25) is 0 Å². The number of piperazine rings is 1. The van der Waals surface area contributed by atoms with Crippen molar-refractivity contribution in [2.75, 3.05) is 31.5 Å². The molecule has 1 saturated carbocycles. The molecular formula is C19H30N4O. The fraction of sp³-hybridized carbons (Fsp3) is 0.684. The molecule has 2 aliphatic rings. The third-order valence-corrected chi connectivity index (χ3v) is 5.23. The van der Waals surface area contributed by atoms with Gasteiger partial charge in [-0.1, -0.05) is 6.92 Å². The molecule has 1 amide bonds. The smallest absolute Gasteiger partial charge is 0.255 e. The Hall–Kier alpha value is -1.62. The second-order valence-electron chi connectivity index (χ2n) is 7.40. The first-order valence-electron chi connectivity index (χ1n) is 9.33. The molecule has 132 valence electrons. The quantitative estimate of drug-likeness (QED) is 0.871. The van der Waals surface area contributed by atoms with E-state index in [-0.39, 0.29) is 5.91 Å². The van der Waals surface area contributed by atoms with Crippen LogP contribution in [0.4, 0.5) is 5.82 Å². The Morgan fingerprint density at radius 2 is 2.12 bits per heavy atom. The summed E-state index contributed by atoms with van der Waals surface area (Å²) in [5.74, 6) is 1.80. The highest BCUT2D eigenvalue weighted by Crippen LogP contribution is 2.28. The molecule has 0 aromatic carbocycles. The summed E-state index contributed by atoms with van der Waals surface area (Å²) in [5, 5.41) is 3.34. The molecule has 5 heteroatoms. The topological polar surface area (TPSA) is 48.5 Å². The Labute approximate surface area is 145 Å². The molecule has 5 nitrogen and oxygen atoms in total. The lowest BCUT2D eigenvalue weighted by Crippen LogP contribution is -2.56. The van der Waals surface area contributed by atoms with Crippen molar-refractivity contribution in [1.29, 1.82) is 0 Å². The lowest BCUT2D eigenvalue weighted by molar-refractivity contribution is 0.0371. The molecule has 1 aliphatic heterocycles. The van der Waals surface area contributed by atoms with E-state index >= 15 is 0 Å². The molecule has 1 atom stereocenters. The van der Waals surface area contributed by atoms with Gasteiger partial charge in [-0.2, -0.15) is 0 Å². The van der Waals surface area contributed by atoms with Crippen molar-refractivity contribution in [2.24, 2.45) is 5.92 Å². The molecule has 0 radical (unpaired) electrons. The fourth-order valence-electron chi connectivity index (χ4n) is 3.48. The number of anilines is 1. The zero-order chi connectivity index (χ0) is 17.1. The predicted molar refractivity (Wildman–Crippen MR) is 97.3 cm³/mol. The van der Waals surface area contributed by atoms with E-state index in [9.17, 15) is 4.79 Å². The van der Waals surface area contributed by atoms with Crippen LogP contribution in [0.1, 0.15) is 50.4 Å². The van der Waals surface area contributed by atoms with Crippen molar-refractivity contribution in [3.63, 3.8) is 0 Å². The SMILES string of the molecule is CCC1CN(C(=O)c2ccc(NCC3CC3)nc2)CCN1C(C)C. The molecule has 2 heterocycles. The Balaban J connectivity index is 1.59. The van der Waals surface area contributed by atoms with Gasteiger partial charge in [-0.15, -0.1) is 0 Å². The van der Waals surface area contributed by atoms with E-state index in [0.717, 1.165) is 44.3 Å². The van der Waals surface area contributed by atoms with E-state index in [2.05, 4.69) is 36.0 Å². The first kappa shape index (κ1) is 17.2. The van der Waals surface area contributed by atoms with Gasteiger partial charge in [0.1, 0.15) is 5.82 Å². The summed E-state index contributed by atoms with van der Waals surface area (Å²) in [6, 6.07) is 4.82. The zero-order valence-electron chi connectivity index (χ0n) is 15.2. The van der Waals surface area contributed by atoms with E-state index < -0.39 is 0 Å². The normalized spacial score (nSPS) is 22.0. The molecule has 1 unspecified atom stereocenters. The van der Waals surface area contributed by atoms with Crippen LogP contribution in [-0.4, -0.2) is 59.0 Å². The van der Waals surface area contributed by atoms with Crippen molar-refractivity contribution in [3.8, 4) is 0 Å². The van der Waals surface area contributed by atoms with Crippen LogP contribution in [0.3, 0.4) is 0 Å². The second kappa shape index (κ2) is 7.51. The van der Waals surface area contributed by atoms with Gasteiger partial charge in [-0.3, -0.25) is 9.69 Å². The number of aromatic nitrogens is 1. The fourth-order valence-corrected chi connectivity index (χ4v) is 3.48. The molecule has 1 aromatic heterocycles. The third kappa shape index (κ3) is 4.07. The van der Waals surface area contributed by atoms with E-state index in [4.69, 9.17) is 0 Å². The standard InChI is InChI=1S/C19H30N4O/c1-4-17-13-22(9-10-23(17)14(2)3)19(24)16-7-8-18(21-12-16)20-11-15-5-6-15/h7-8,12,14-15,17H,4-6,9-11,13H2,1-3H3,(H,20,21). The molecule has 0 spiro atoms. The lowest BCUT2D eigenvalue weighted by atomic mass is 10.1. The van der Waals surface area contributed by atoms with Gasteiger partial charge in [0, 0.05) is 44.5 Å². The Bertz CT molecular complexity index is 553. The van der Waals surface area contributed by atoms with Crippen molar-refractivity contribution in [1.82, 2.24) is 14.8 Å². The number of carbonyl (C=O) groups excluding carboxylic acids is 1. The minimum Gasteiger partial charge on any atom is -0.370 e. The highest BCUT2D eigenvalue weighted by molar-refractivity contribution is 5.94. The van der Waals surface area contributed by atoms with Crippen LogP contribution in [0.25, 0.3) is 0 Å². The van der Waals surface area contributed by atoms with Crippen molar-refractivity contribution in [2.45, 2.75) is 52.1 Å². The number of amides is 1. The minimum atomic E-state index is 0.109. The van der Waals surface area contributed by atoms with Gasteiger partial charge in [0.2, 0.25) is 0 Å². The summed E-state index contributed by atoms with van der Waals surface area (Å²) in [6.07, 6.45) is 5.44. The number of hydrogen-bond acceptors (Lipinski definition) is 4. The number of hydrogen-bond donors (Lipinski definition) is 1. The van der Waals surface area contributed by atoms with Gasteiger partial charge >= 0.3 is 0 Å². The second-order valence-corrected chi connectivity index (χ2v) is 7.40. The maximum Gasteiger partial charge on any atom is 0.255 e. The number of nitrogens with one attached hydrogen (secondary N) is 1. The van der Waals surface area contributed by atoms with Gasteiger partial charge in [0.05, 0.1) is 5.56 Å². The largest absolute Gasteiger partial charge is 0.370 e. The molecule has 3 rings (SSSR count). The maximum atomic E-state index is 12.8. The molecule has 0 bridgehead atoms. The summed E-state index contributed by atoms with van der Waals surface area (Å²) >= 11 is 0. The number of carbonyl (C=O) groups is 1. The summed E-state index contributed by atoms with van der Waals surface area (Å²) < 4.78 is 0. The van der Waals surface area contributed by atoms with Crippen molar-refractivity contribution >= 4 is 11.7 Å². The van der Waals surface area contributed by atoms with E-state index in [0.29, 0.717) is 17.6 Å². The van der Waals surface area contributed by atoms with Crippen LogP contribution >= 0.6 is 0 Å². The summed E-state index contributed by atoms with van der Waals surface area (Å²) in [6.45, 7) is 10.2. The summed E-state index contributed by atoms with van der Waals surface area (Å²) in [4.78, 5) is 21.7. The molecular weight excluding hydrogens is 300 g/mol. The van der Waals surface area contributed by atoms with Crippen LogP contribution in [0, 0.1) is 5.92 Å². The van der Waals surface area contributed by atoms with Crippen LogP contribution in [0.15, 0.2) is 18.3 Å². The molecule has 1 saturated heterocycles. The molecule has 24 heavy (non-hydrogen) atoms. The molecule has 1 aromatic rings. The average molecular weight is 330 g/mol. The Kier molecular flexibility index (Phi) is 5.39. The molecule has 1 aliphatic carbocycles. The van der Waals surface area contributed by atoms with E-state index in [1.54, 1.807) is 6.20 Å². The van der Waals surface area contributed by atoms with E-state index in [1.807, 2.05) is 17.0 Å². The summed E-state index contributed by atoms with van der Waals surface area (Å²) in [5.41, 5.74) is 0.694. The maximum absolute atomic E-state index is 12.8. The van der Waals surface area contributed by atoms with Crippen molar-refractivity contribution in [3.05, 3.63) is 23.9 Å². The van der Waals surface area contributed by atoms with E-state index in [1.165, 1.54) is 12.8 Å². The average Bonchev–Trinajstić information content (AvgIpc) is 3.43. The van der Waals surface area contributed by atoms with Crippen molar-refractivity contribution < 1.29 is 4.79 Å². The monoisotopic (exact) mass is 330 g/mol. The first-order valence-corrected chi connectivity index (χ1v) is 9.33. The van der Waals surface area contributed by atoms with Crippen LogP contribution < -0.4 is 5.32 Å². The number of nitrogens with zero attached hydrogens (tertiary/aromatic N) is 3. The minimum absolute atomic E-state index is 0.109. The predicted octanol–water partition coefficient (Wildman–Crippen LogP) is 2.85. The lowest BCUT2D eigenvalue weighted by Gasteiger charge is -2.43. The van der Waals surface area contributed by atoms with Crippen LogP contribution in [0.5, 0.6) is 0 Å². The van der Waals surface area contributed by atoms with Gasteiger partial charge in [-0.25, -0.2) is 4.98 Å². The highest BCUT2D eigenvalue weighted by Gasteiger charge is 2.30. The third-order valence-electron chi connectivity index (χ3n) is 5.23. The van der Waals surface area contributed by atoms with Gasteiger partial charge in [0.15, 0.2) is 0 Å². The Morgan fingerprint density at radius 1 is 1.33 bits per heavy atom. The van der Waals surface area contributed by atoms with Gasteiger partial charge < -0.3 is 10.2 Å². The summed E-state index contributed by atoms with van der Waals surface area (Å²) in [7, 11) is 0. The van der Waals surface area contributed by atoms with Gasteiger partial charge in [-0.05, 0) is 51.2 Å². The highest BCUT2D eigenvalue weighted by atomic mass is 16.2. The number of pyridine rings is 1. The molecule has 2 fully saturated rings. The Morgan fingerprint density at radius 3 is 2.71 bits per heavy atom. The number of rotatable bonds is 6. The first-order chi connectivity index (χ1) is 11.6. The zero-order valence-corrected chi connectivity index (χ0v) is 15.2. The molecule has 1 N–H and O–H groups in total.